The first kappa shape index (κ1) is 15.9. The van der Waals surface area contributed by atoms with Crippen molar-refractivity contribution in [2.24, 2.45) is 11.7 Å². The summed E-state index contributed by atoms with van der Waals surface area (Å²) in [5.41, 5.74) is 7.41. The Hall–Kier alpha value is -1.43. The fraction of sp³-hybridized carbons (Fsp3) is 0.562. The van der Waals surface area contributed by atoms with E-state index in [1.165, 1.54) is 0 Å². The lowest BCUT2D eigenvalue weighted by Crippen LogP contribution is -2.40. The number of nitrogens with two attached hydrogens (primary N) is 1. The van der Waals surface area contributed by atoms with Crippen LogP contribution in [-0.4, -0.2) is 41.7 Å². The van der Waals surface area contributed by atoms with E-state index in [9.17, 15) is 4.79 Å². The van der Waals surface area contributed by atoms with E-state index in [0.29, 0.717) is 12.5 Å². The standard InChI is InChI=1S/C16H25N3O2/c1-12(19-7-5-13(11-19)6-8-20)16(21)18-15-4-2-3-14(9-15)10-17/h2-4,9,12-13,20H,5-8,10-11,17H2,1H3,(H,18,21). The summed E-state index contributed by atoms with van der Waals surface area (Å²) in [5.74, 6) is 0.514. The first-order valence-corrected chi connectivity index (χ1v) is 7.58. The van der Waals surface area contributed by atoms with Gasteiger partial charge < -0.3 is 16.2 Å². The third kappa shape index (κ3) is 4.27. The van der Waals surface area contributed by atoms with Crippen molar-refractivity contribution < 1.29 is 9.90 Å². The molecule has 116 valence electrons. The zero-order chi connectivity index (χ0) is 15.2. The number of hydrogen-bond acceptors (Lipinski definition) is 4. The minimum absolute atomic E-state index is 0.00817. The van der Waals surface area contributed by atoms with E-state index in [1.807, 2.05) is 31.2 Å². The molecule has 0 saturated carbocycles. The van der Waals surface area contributed by atoms with Crippen LogP contribution < -0.4 is 11.1 Å². The maximum absolute atomic E-state index is 12.3. The Balaban J connectivity index is 1.90. The summed E-state index contributed by atoms with van der Waals surface area (Å²) in [5, 5.41) is 12.0. The fourth-order valence-electron chi connectivity index (χ4n) is 2.82. The van der Waals surface area contributed by atoms with Gasteiger partial charge in [0.15, 0.2) is 0 Å². The number of anilines is 1. The number of amides is 1. The van der Waals surface area contributed by atoms with Crippen molar-refractivity contribution in [2.45, 2.75) is 32.4 Å². The number of aliphatic hydroxyl groups excluding tert-OH is 1. The molecule has 2 rings (SSSR count). The number of likely N-dealkylation sites (tertiary alicyclic amines) is 1. The Kier molecular flexibility index (Phi) is 5.73. The first-order valence-electron chi connectivity index (χ1n) is 7.58. The van der Waals surface area contributed by atoms with Gasteiger partial charge in [-0.2, -0.15) is 0 Å². The van der Waals surface area contributed by atoms with Gasteiger partial charge in [0.05, 0.1) is 6.04 Å². The third-order valence-corrected chi connectivity index (χ3v) is 4.21. The summed E-state index contributed by atoms with van der Waals surface area (Å²) in [6.45, 7) is 4.43. The Bertz CT molecular complexity index is 478. The largest absolute Gasteiger partial charge is 0.396 e. The van der Waals surface area contributed by atoms with Crippen molar-refractivity contribution in [2.75, 3.05) is 25.0 Å². The first-order chi connectivity index (χ1) is 10.1. The molecule has 0 radical (unpaired) electrons. The molecular weight excluding hydrogens is 266 g/mol. The molecule has 1 amide bonds. The van der Waals surface area contributed by atoms with Gasteiger partial charge in [-0.1, -0.05) is 12.1 Å². The van der Waals surface area contributed by atoms with Crippen molar-refractivity contribution in [3.8, 4) is 0 Å². The van der Waals surface area contributed by atoms with Gasteiger partial charge in [-0.05, 0) is 49.9 Å². The molecule has 0 aromatic heterocycles. The van der Waals surface area contributed by atoms with Gasteiger partial charge in [0.1, 0.15) is 0 Å². The number of carbonyl (C=O) groups excluding carboxylic acids is 1. The SMILES string of the molecule is CC(C(=O)Nc1cccc(CN)c1)N1CCC(CCO)C1. The molecule has 4 N–H and O–H groups in total. The van der Waals surface area contributed by atoms with E-state index in [2.05, 4.69) is 10.2 Å². The second kappa shape index (κ2) is 7.54. The highest BCUT2D eigenvalue weighted by Gasteiger charge is 2.29. The van der Waals surface area contributed by atoms with E-state index < -0.39 is 0 Å². The van der Waals surface area contributed by atoms with E-state index in [4.69, 9.17) is 10.8 Å². The highest BCUT2D eigenvalue weighted by atomic mass is 16.3. The molecule has 2 atom stereocenters. The average molecular weight is 291 g/mol. The van der Waals surface area contributed by atoms with Crippen LogP contribution in [0.3, 0.4) is 0 Å². The molecule has 5 heteroatoms. The summed E-state index contributed by atoms with van der Waals surface area (Å²) < 4.78 is 0. The molecule has 1 aliphatic rings. The van der Waals surface area contributed by atoms with Crippen LogP contribution in [0.5, 0.6) is 0 Å². The summed E-state index contributed by atoms with van der Waals surface area (Å²) in [7, 11) is 0. The number of nitrogens with one attached hydrogen (secondary N) is 1. The predicted molar refractivity (Wildman–Crippen MR) is 83.8 cm³/mol. The van der Waals surface area contributed by atoms with Gasteiger partial charge in [-0.25, -0.2) is 0 Å². The molecule has 1 saturated heterocycles. The van der Waals surface area contributed by atoms with Crippen LogP contribution in [-0.2, 0) is 11.3 Å². The van der Waals surface area contributed by atoms with Gasteiger partial charge in [0, 0.05) is 25.4 Å². The van der Waals surface area contributed by atoms with Crippen LogP contribution in [0.25, 0.3) is 0 Å². The molecule has 1 heterocycles. The maximum atomic E-state index is 12.3. The van der Waals surface area contributed by atoms with E-state index in [1.54, 1.807) is 0 Å². The molecule has 21 heavy (non-hydrogen) atoms. The summed E-state index contributed by atoms with van der Waals surface area (Å²) >= 11 is 0. The Morgan fingerprint density at radius 1 is 1.57 bits per heavy atom. The van der Waals surface area contributed by atoms with E-state index >= 15 is 0 Å². The number of benzene rings is 1. The van der Waals surface area contributed by atoms with Gasteiger partial charge in [-0.3, -0.25) is 9.69 Å². The summed E-state index contributed by atoms with van der Waals surface area (Å²) in [4.78, 5) is 14.5. The zero-order valence-electron chi connectivity index (χ0n) is 12.6. The molecule has 0 bridgehead atoms. The molecular formula is C16H25N3O2. The quantitative estimate of drug-likeness (QED) is 0.735. The molecule has 0 spiro atoms. The minimum atomic E-state index is -0.157. The van der Waals surface area contributed by atoms with Crippen LogP contribution in [0.1, 0.15) is 25.3 Å². The maximum Gasteiger partial charge on any atom is 0.241 e. The average Bonchev–Trinajstić information content (AvgIpc) is 2.95. The second-order valence-electron chi connectivity index (χ2n) is 5.73. The smallest absolute Gasteiger partial charge is 0.241 e. The monoisotopic (exact) mass is 291 g/mol. The lowest BCUT2D eigenvalue weighted by atomic mass is 10.1. The van der Waals surface area contributed by atoms with Gasteiger partial charge in [0.25, 0.3) is 0 Å². The van der Waals surface area contributed by atoms with Crippen molar-refractivity contribution in [1.29, 1.82) is 0 Å². The van der Waals surface area contributed by atoms with Crippen LogP contribution in [0.15, 0.2) is 24.3 Å². The van der Waals surface area contributed by atoms with Gasteiger partial charge in [0.2, 0.25) is 5.91 Å². The van der Waals surface area contributed by atoms with Gasteiger partial charge in [-0.15, -0.1) is 0 Å². The Morgan fingerprint density at radius 2 is 2.38 bits per heavy atom. The number of carbonyl (C=O) groups is 1. The minimum Gasteiger partial charge on any atom is -0.396 e. The van der Waals surface area contributed by atoms with E-state index in [-0.39, 0.29) is 18.6 Å². The number of nitrogens with zero attached hydrogens (tertiary/aromatic N) is 1. The third-order valence-electron chi connectivity index (χ3n) is 4.21. The highest BCUT2D eigenvalue weighted by molar-refractivity contribution is 5.94. The normalized spacial score (nSPS) is 20.4. The Labute approximate surface area is 126 Å². The van der Waals surface area contributed by atoms with Crippen molar-refractivity contribution >= 4 is 11.6 Å². The molecule has 1 aromatic rings. The lowest BCUT2D eigenvalue weighted by molar-refractivity contribution is -0.120. The number of aliphatic hydroxyl groups is 1. The summed E-state index contributed by atoms with van der Waals surface area (Å²) in [6, 6.07) is 7.47. The molecule has 0 aliphatic carbocycles. The van der Waals surface area contributed by atoms with Crippen molar-refractivity contribution in [3.05, 3.63) is 29.8 Å². The van der Waals surface area contributed by atoms with Crippen LogP contribution in [0, 0.1) is 5.92 Å². The van der Waals surface area contributed by atoms with Crippen LogP contribution >= 0.6 is 0 Å². The zero-order valence-corrected chi connectivity index (χ0v) is 12.6. The number of hydrogen-bond donors (Lipinski definition) is 3. The molecule has 5 nitrogen and oxygen atoms in total. The van der Waals surface area contributed by atoms with Crippen molar-refractivity contribution in [3.63, 3.8) is 0 Å². The van der Waals surface area contributed by atoms with Crippen LogP contribution in [0.2, 0.25) is 0 Å². The van der Waals surface area contributed by atoms with Gasteiger partial charge >= 0.3 is 0 Å². The lowest BCUT2D eigenvalue weighted by Gasteiger charge is -2.23. The molecule has 1 aromatic carbocycles. The molecule has 2 unspecified atom stereocenters. The van der Waals surface area contributed by atoms with E-state index in [0.717, 1.165) is 37.2 Å². The van der Waals surface area contributed by atoms with Crippen LogP contribution in [0.4, 0.5) is 5.69 Å². The van der Waals surface area contributed by atoms with Crippen molar-refractivity contribution in [1.82, 2.24) is 4.90 Å². The number of rotatable bonds is 6. The highest BCUT2D eigenvalue weighted by Crippen LogP contribution is 2.22. The predicted octanol–water partition coefficient (Wildman–Crippen LogP) is 1.18. The summed E-state index contributed by atoms with van der Waals surface area (Å²) in [6.07, 6.45) is 1.88. The molecule has 1 aliphatic heterocycles. The second-order valence-corrected chi connectivity index (χ2v) is 5.73. The fourth-order valence-corrected chi connectivity index (χ4v) is 2.82. The Morgan fingerprint density at radius 3 is 3.10 bits per heavy atom. The molecule has 1 fully saturated rings. The topological polar surface area (TPSA) is 78.6 Å².